The van der Waals surface area contributed by atoms with Crippen molar-refractivity contribution in [3.05, 3.63) is 47.6 Å². The quantitative estimate of drug-likeness (QED) is 0.567. The summed E-state index contributed by atoms with van der Waals surface area (Å²) in [5.41, 5.74) is 0.486. The van der Waals surface area contributed by atoms with Gasteiger partial charge in [-0.1, -0.05) is 29.5 Å². The third kappa shape index (κ3) is 1.75. The molecule has 0 amide bonds. The predicted octanol–water partition coefficient (Wildman–Crippen LogP) is 3.72. The molecule has 0 bridgehead atoms. The Balaban J connectivity index is 1.91. The lowest BCUT2D eigenvalue weighted by molar-refractivity contribution is 0.631. The first-order chi connectivity index (χ1) is 9.83. The molecule has 0 radical (unpaired) electrons. The molecule has 0 N–H and O–H groups in total. The molecule has 7 heteroatoms. The van der Waals surface area contributed by atoms with Crippen molar-refractivity contribution in [2.24, 2.45) is 0 Å². The molecule has 0 aliphatic carbocycles. The summed E-state index contributed by atoms with van der Waals surface area (Å²) in [6, 6.07) is 10.5. The summed E-state index contributed by atoms with van der Waals surface area (Å²) in [5.74, 6) is 0.406. The number of thiophene rings is 1. The minimum absolute atomic E-state index is 0.282. The number of benzene rings is 1. The van der Waals surface area contributed by atoms with Crippen molar-refractivity contribution in [3.8, 4) is 21.3 Å². The van der Waals surface area contributed by atoms with Gasteiger partial charge in [-0.2, -0.15) is 9.61 Å². The van der Waals surface area contributed by atoms with Gasteiger partial charge in [0.2, 0.25) is 4.96 Å². The highest BCUT2D eigenvalue weighted by Crippen LogP contribution is 2.30. The van der Waals surface area contributed by atoms with Crippen LogP contribution < -0.4 is 0 Å². The van der Waals surface area contributed by atoms with Gasteiger partial charge >= 0.3 is 0 Å². The van der Waals surface area contributed by atoms with Crippen LogP contribution in [0.2, 0.25) is 0 Å². The highest BCUT2D eigenvalue weighted by Gasteiger charge is 2.16. The number of nitrogens with zero attached hydrogens (tertiary/aromatic N) is 4. The number of hydrogen-bond acceptors (Lipinski definition) is 5. The molecule has 3 aromatic heterocycles. The molecular formula is C13H7FN4S2. The number of halogens is 1. The molecule has 4 nitrogen and oxygen atoms in total. The molecule has 0 aliphatic rings. The van der Waals surface area contributed by atoms with Crippen molar-refractivity contribution in [3.63, 3.8) is 0 Å². The molecule has 20 heavy (non-hydrogen) atoms. The topological polar surface area (TPSA) is 43.1 Å². The van der Waals surface area contributed by atoms with Crippen LogP contribution in [-0.4, -0.2) is 19.8 Å². The average Bonchev–Trinajstić information content (AvgIpc) is 3.14. The zero-order valence-corrected chi connectivity index (χ0v) is 11.7. The van der Waals surface area contributed by atoms with E-state index in [1.807, 2.05) is 17.5 Å². The Morgan fingerprint density at radius 2 is 1.95 bits per heavy atom. The fourth-order valence-corrected chi connectivity index (χ4v) is 3.48. The summed E-state index contributed by atoms with van der Waals surface area (Å²) < 4.78 is 15.5. The van der Waals surface area contributed by atoms with Gasteiger partial charge in [-0.05, 0) is 23.6 Å². The third-order valence-electron chi connectivity index (χ3n) is 2.84. The van der Waals surface area contributed by atoms with Gasteiger partial charge in [-0.3, -0.25) is 0 Å². The van der Waals surface area contributed by atoms with Crippen molar-refractivity contribution in [2.45, 2.75) is 0 Å². The lowest BCUT2D eigenvalue weighted by Gasteiger charge is -1.96. The Morgan fingerprint density at radius 1 is 1.05 bits per heavy atom. The van der Waals surface area contributed by atoms with E-state index in [0.29, 0.717) is 21.4 Å². The van der Waals surface area contributed by atoms with Gasteiger partial charge in [0.15, 0.2) is 10.8 Å². The number of fused-ring (bicyclic) bond motifs is 1. The molecule has 0 aliphatic heterocycles. The summed E-state index contributed by atoms with van der Waals surface area (Å²) in [7, 11) is 0. The Morgan fingerprint density at radius 3 is 2.75 bits per heavy atom. The smallest absolute Gasteiger partial charge is 0.206 e. The summed E-state index contributed by atoms with van der Waals surface area (Å²) in [6.07, 6.45) is 0. The van der Waals surface area contributed by atoms with Crippen molar-refractivity contribution in [1.82, 2.24) is 19.8 Å². The molecule has 0 fully saturated rings. The summed E-state index contributed by atoms with van der Waals surface area (Å²) in [5, 5.41) is 15.2. The van der Waals surface area contributed by atoms with Crippen LogP contribution in [0.3, 0.4) is 0 Å². The highest BCUT2D eigenvalue weighted by atomic mass is 32.1. The number of hydrogen-bond donors (Lipinski definition) is 0. The van der Waals surface area contributed by atoms with Gasteiger partial charge in [0.25, 0.3) is 0 Å². The van der Waals surface area contributed by atoms with Crippen LogP contribution in [-0.2, 0) is 0 Å². The maximum Gasteiger partial charge on any atom is 0.235 e. The Bertz CT molecular complexity index is 879. The van der Waals surface area contributed by atoms with Crippen LogP contribution in [0.25, 0.3) is 26.2 Å². The molecular weight excluding hydrogens is 295 g/mol. The van der Waals surface area contributed by atoms with Gasteiger partial charge in [-0.25, -0.2) is 4.39 Å². The lowest BCUT2D eigenvalue weighted by Crippen LogP contribution is -1.90. The van der Waals surface area contributed by atoms with Crippen LogP contribution in [0.5, 0.6) is 0 Å². The van der Waals surface area contributed by atoms with Crippen LogP contribution in [0.15, 0.2) is 41.8 Å². The van der Waals surface area contributed by atoms with Gasteiger partial charge < -0.3 is 0 Å². The summed E-state index contributed by atoms with van der Waals surface area (Å²) in [6.45, 7) is 0. The Hall–Kier alpha value is -2.12. The summed E-state index contributed by atoms with van der Waals surface area (Å²) >= 11 is 2.90. The molecule has 1 aromatic carbocycles. The maximum atomic E-state index is 13.8. The molecule has 4 rings (SSSR count). The zero-order chi connectivity index (χ0) is 13.5. The van der Waals surface area contributed by atoms with Crippen LogP contribution in [0.4, 0.5) is 4.39 Å². The largest absolute Gasteiger partial charge is 0.235 e. The SMILES string of the molecule is Fc1ccccc1-c1nn2c(-c3cccs3)nnc2s1. The molecule has 0 saturated heterocycles. The van der Waals surface area contributed by atoms with E-state index < -0.39 is 0 Å². The van der Waals surface area contributed by atoms with Crippen LogP contribution in [0, 0.1) is 5.82 Å². The second-order valence-corrected chi connectivity index (χ2v) is 5.99. The summed E-state index contributed by atoms with van der Waals surface area (Å²) in [4.78, 5) is 1.65. The normalized spacial score (nSPS) is 11.2. The fourth-order valence-electron chi connectivity index (χ4n) is 1.92. The predicted molar refractivity (Wildman–Crippen MR) is 77.4 cm³/mol. The van der Waals surface area contributed by atoms with Crippen molar-refractivity contribution in [1.29, 1.82) is 0 Å². The van der Waals surface area contributed by atoms with Crippen molar-refractivity contribution >= 4 is 27.6 Å². The van der Waals surface area contributed by atoms with Gasteiger partial charge in [0.05, 0.1) is 4.88 Å². The highest BCUT2D eigenvalue weighted by molar-refractivity contribution is 7.19. The number of rotatable bonds is 2. The van der Waals surface area contributed by atoms with Crippen LogP contribution >= 0.6 is 22.7 Å². The molecule has 3 heterocycles. The molecule has 0 saturated carbocycles. The third-order valence-corrected chi connectivity index (χ3v) is 4.63. The molecule has 0 spiro atoms. The second-order valence-electron chi connectivity index (χ2n) is 4.08. The minimum atomic E-state index is -0.282. The number of aromatic nitrogens is 4. The van der Waals surface area contributed by atoms with Gasteiger partial charge in [0.1, 0.15) is 5.82 Å². The molecule has 4 aromatic rings. The molecule has 98 valence electrons. The Labute approximate surface area is 121 Å². The maximum absolute atomic E-state index is 13.8. The van der Waals surface area contributed by atoms with Gasteiger partial charge in [0, 0.05) is 5.56 Å². The first-order valence-corrected chi connectivity index (χ1v) is 7.53. The fraction of sp³-hybridized carbons (Fsp3) is 0. The molecule has 0 atom stereocenters. The monoisotopic (exact) mass is 302 g/mol. The van der Waals surface area contributed by atoms with E-state index in [2.05, 4.69) is 15.3 Å². The molecule has 0 unspecified atom stereocenters. The van der Waals surface area contributed by atoms with E-state index in [0.717, 1.165) is 4.88 Å². The zero-order valence-electron chi connectivity index (χ0n) is 10.0. The van der Waals surface area contributed by atoms with E-state index in [-0.39, 0.29) is 5.82 Å². The second kappa shape index (κ2) is 4.46. The minimum Gasteiger partial charge on any atom is -0.206 e. The standard InChI is InChI=1S/C13H7FN4S2/c14-9-5-2-1-4-8(9)12-17-18-11(10-6-3-7-19-10)15-16-13(18)20-12/h1-7H. The first kappa shape index (κ1) is 11.7. The van der Waals surface area contributed by atoms with Gasteiger partial charge in [-0.15, -0.1) is 21.5 Å². The van der Waals surface area contributed by atoms with Crippen molar-refractivity contribution in [2.75, 3.05) is 0 Å². The van der Waals surface area contributed by atoms with Crippen molar-refractivity contribution < 1.29 is 4.39 Å². The average molecular weight is 302 g/mol. The van der Waals surface area contributed by atoms with E-state index in [4.69, 9.17) is 0 Å². The van der Waals surface area contributed by atoms with E-state index >= 15 is 0 Å². The van der Waals surface area contributed by atoms with Crippen LogP contribution in [0.1, 0.15) is 0 Å². The van der Waals surface area contributed by atoms with E-state index in [1.54, 1.807) is 34.1 Å². The Kier molecular flexibility index (Phi) is 2.61. The van der Waals surface area contributed by atoms with E-state index in [9.17, 15) is 4.39 Å². The first-order valence-electron chi connectivity index (χ1n) is 5.84. The lowest BCUT2D eigenvalue weighted by atomic mass is 10.2. The van der Waals surface area contributed by atoms with E-state index in [1.165, 1.54) is 17.4 Å².